The zero-order valence-electron chi connectivity index (χ0n) is 14.9. The fourth-order valence-electron chi connectivity index (χ4n) is 2.90. The van der Waals surface area contributed by atoms with Gasteiger partial charge in [-0.15, -0.1) is 0 Å². The maximum Gasteiger partial charge on any atom is 0.317 e. The summed E-state index contributed by atoms with van der Waals surface area (Å²) in [4.78, 5) is 18.4. The monoisotopic (exact) mass is 452 g/mol. The number of piperazine rings is 1. The highest BCUT2D eigenvalue weighted by Gasteiger charge is 2.30. The average Bonchev–Trinajstić information content (AvgIpc) is 2.68. The van der Waals surface area contributed by atoms with Gasteiger partial charge in [0.2, 0.25) is 10.0 Å². The average molecular weight is 453 g/mol. The van der Waals surface area contributed by atoms with Gasteiger partial charge in [0.1, 0.15) is 0 Å². The Morgan fingerprint density at radius 3 is 2.56 bits per heavy atom. The van der Waals surface area contributed by atoms with E-state index in [0.717, 1.165) is 5.56 Å². The van der Waals surface area contributed by atoms with Crippen LogP contribution >= 0.6 is 15.9 Å². The van der Waals surface area contributed by atoms with E-state index in [-0.39, 0.29) is 30.1 Å². The number of sulfonamides is 1. The summed E-state index contributed by atoms with van der Waals surface area (Å²) in [6.45, 7) is 3.12. The first kappa shape index (κ1) is 19.8. The molecule has 1 aromatic heterocycles. The van der Waals surface area contributed by atoms with E-state index in [0.29, 0.717) is 17.6 Å². The molecule has 9 heteroatoms. The number of nitrogens with zero attached hydrogens (tertiary/aromatic N) is 3. The number of nitrogens with one attached hydrogen (secondary N) is 1. The number of pyridine rings is 1. The minimum Gasteiger partial charge on any atom is -0.331 e. The highest BCUT2D eigenvalue weighted by atomic mass is 79.9. The molecule has 0 saturated carbocycles. The molecule has 27 heavy (non-hydrogen) atoms. The van der Waals surface area contributed by atoms with Crippen LogP contribution in [0.15, 0.2) is 58.2 Å². The summed E-state index contributed by atoms with van der Waals surface area (Å²) in [5.74, 6) is 0. The first-order valence-corrected chi connectivity index (χ1v) is 10.8. The second kappa shape index (κ2) is 8.37. The molecule has 0 aliphatic carbocycles. The first-order chi connectivity index (χ1) is 12.9. The Kier molecular flexibility index (Phi) is 6.13. The molecule has 3 rings (SSSR count). The lowest BCUT2D eigenvalue weighted by Gasteiger charge is -2.34. The Hall–Kier alpha value is -1.97. The number of benzene rings is 1. The summed E-state index contributed by atoms with van der Waals surface area (Å²) in [5.41, 5.74) is 0.918. The van der Waals surface area contributed by atoms with Crippen molar-refractivity contribution in [1.29, 1.82) is 0 Å². The Balaban J connectivity index is 1.59. The minimum atomic E-state index is -3.56. The molecule has 1 fully saturated rings. The van der Waals surface area contributed by atoms with Crippen molar-refractivity contribution < 1.29 is 13.2 Å². The summed E-state index contributed by atoms with van der Waals surface area (Å²) >= 11 is 3.30. The molecule has 1 aromatic carbocycles. The van der Waals surface area contributed by atoms with Gasteiger partial charge < -0.3 is 10.2 Å². The van der Waals surface area contributed by atoms with Crippen LogP contribution in [0.25, 0.3) is 0 Å². The minimum absolute atomic E-state index is 0.172. The molecule has 2 aromatic rings. The fourth-order valence-corrected chi connectivity index (χ4v) is 4.92. The van der Waals surface area contributed by atoms with Gasteiger partial charge in [-0.2, -0.15) is 4.31 Å². The summed E-state index contributed by atoms with van der Waals surface area (Å²) in [6.07, 6.45) is 3.40. The van der Waals surface area contributed by atoms with E-state index in [1.165, 1.54) is 4.31 Å². The fraction of sp³-hybridized carbons (Fsp3) is 0.333. The summed E-state index contributed by atoms with van der Waals surface area (Å²) in [5, 5.41) is 2.93. The van der Waals surface area contributed by atoms with E-state index in [9.17, 15) is 13.2 Å². The van der Waals surface area contributed by atoms with Crippen LogP contribution in [0.1, 0.15) is 18.5 Å². The number of amides is 2. The van der Waals surface area contributed by atoms with Crippen molar-refractivity contribution >= 4 is 32.0 Å². The number of aromatic nitrogens is 1. The molecule has 0 radical (unpaired) electrons. The van der Waals surface area contributed by atoms with Crippen LogP contribution in [0.5, 0.6) is 0 Å². The molecule has 0 spiro atoms. The molecule has 0 bridgehead atoms. The normalized spacial score (nSPS) is 16.7. The molecule has 2 heterocycles. The van der Waals surface area contributed by atoms with Gasteiger partial charge in [0, 0.05) is 43.0 Å². The SMILES string of the molecule is C[C@@H](NC(=O)N1CCN(S(=O)(=O)c2cccc(Br)c2)CC1)c1cccnc1. The zero-order valence-corrected chi connectivity index (χ0v) is 17.3. The molecule has 7 nitrogen and oxygen atoms in total. The van der Waals surface area contributed by atoms with Gasteiger partial charge in [0.15, 0.2) is 0 Å². The molecule has 0 unspecified atom stereocenters. The standard InChI is InChI=1S/C18H21BrN4O3S/c1-14(15-4-3-7-20-13-15)21-18(24)22-8-10-23(11-9-22)27(25,26)17-6-2-5-16(19)12-17/h2-7,12-14H,8-11H2,1H3,(H,21,24)/t14-/m1/s1. The van der Waals surface area contributed by atoms with Crippen molar-refractivity contribution in [3.8, 4) is 0 Å². The highest BCUT2D eigenvalue weighted by molar-refractivity contribution is 9.10. The highest BCUT2D eigenvalue weighted by Crippen LogP contribution is 2.21. The van der Waals surface area contributed by atoms with Crippen LogP contribution < -0.4 is 5.32 Å². The van der Waals surface area contributed by atoms with Crippen molar-refractivity contribution in [3.63, 3.8) is 0 Å². The van der Waals surface area contributed by atoms with E-state index in [2.05, 4.69) is 26.2 Å². The molecule has 1 N–H and O–H groups in total. The van der Waals surface area contributed by atoms with Gasteiger partial charge >= 0.3 is 6.03 Å². The number of carbonyl (C=O) groups is 1. The summed E-state index contributed by atoms with van der Waals surface area (Å²) < 4.78 is 27.6. The molecular weight excluding hydrogens is 432 g/mol. The Bertz CT molecular complexity index is 900. The number of halogens is 1. The van der Waals surface area contributed by atoms with Crippen LogP contribution in [-0.2, 0) is 10.0 Å². The molecular formula is C18H21BrN4O3S. The van der Waals surface area contributed by atoms with E-state index in [1.54, 1.807) is 41.6 Å². The third-order valence-electron chi connectivity index (χ3n) is 4.48. The summed E-state index contributed by atoms with van der Waals surface area (Å²) in [6, 6.07) is 9.99. The number of hydrogen-bond donors (Lipinski definition) is 1. The number of urea groups is 1. The maximum absolute atomic E-state index is 12.8. The largest absolute Gasteiger partial charge is 0.331 e. The van der Waals surface area contributed by atoms with Crippen molar-refractivity contribution in [3.05, 3.63) is 58.8 Å². The van der Waals surface area contributed by atoms with E-state index < -0.39 is 10.0 Å². The summed E-state index contributed by atoms with van der Waals surface area (Å²) in [7, 11) is -3.56. The van der Waals surface area contributed by atoms with Crippen molar-refractivity contribution in [1.82, 2.24) is 19.5 Å². The van der Waals surface area contributed by atoms with Crippen molar-refractivity contribution in [2.45, 2.75) is 17.9 Å². The van der Waals surface area contributed by atoms with Gasteiger partial charge in [-0.25, -0.2) is 13.2 Å². The first-order valence-electron chi connectivity index (χ1n) is 8.59. The number of carbonyl (C=O) groups excluding carboxylic acids is 1. The third-order valence-corrected chi connectivity index (χ3v) is 6.87. The third kappa shape index (κ3) is 4.66. The maximum atomic E-state index is 12.8. The number of rotatable bonds is 4. The van der Waals surface area contributed by atoms with Crippen LogP contribution in [0, 0.1) is 0 Å². The van der Waals surface area contributed by atoms with Gasteiger partial charge in [-0.05, 0) is 36.8 Å². The Morgan fingerprint density at radius 2 is 1.93 bits per heavy atom. The van der Waals surface area contributed by atoms with Crippen molar-refractivity contribution in [2.24, 2.45) is 0 Å². The van der Waals surface area contributed by atoms with Crippen molar-refractivity contribution in [2.75, 3.05) is 26.2 Å². The second-order valence-corrected chi connectivity index (χ2v) is 9.16. The molecule has 1 saturated heterocycles. The Morgan fingerprint density at radius 1 is 1.19 bits per heavy atom. The van der Waals surface area contributed by atoms with E-state index in [4.69, 9.17) is 0 Å². The quantitative estimate of drug-likeness (QED) is 0.772. The lowest BCUT2D eigenvalue weighted by Crippen LogP contribution is -2.53. The van der Waals surface area contributed by atoms with Crippen LogP contribution in [-0.4, -0.2) is 54.8 Å². The number of hydrogen-bond acceptors (Lipinski definition) is 4. The predicted octanol–water partition coefficient (Wildman–Crippen LogP) is 2.62. The van der Waals surface area contributed by atoms with Crippen LogP contribution in [0.2, 0.25) is 0 Å². The Labute approximate surface area is 167 Å². The zero-order chi connectivity index (χ0) is 19.4. The van der Waals surface area contributed by atoms with Gasteiger partial charge in [-0.3, -0.25) is 4.98 Å². The second-order valence-electron chi connectivity index (χ2n) is 6.31. The van der Waals surface area contributed by atoms with E-state index >= 15 is 0 Å². The van der Waals surface area contributed by atoms with E-state index in [1.807, 2.05) is 19.1 Å². The lowest BCUT2D eigenvalue weighted by molar-refractivity contribution is 0.169. The molecule has 144 valence electrons. The topological polar surface area (TPSA) is 82.6 Å². The van der Waals surface area contributed by atoms with Gasteiger partial charge in [0.25, 0.3) is 0 Å². The molecule has 1 aliphatic heterocycles. The predicted molar refractivity (Wildman–Crippen MR) is 106 cm³/mol. The van der Waals surface area contributed by atoms with Gasteiger partial charge in [-0.1, -0.05) is 28.1 Å². The van der Waals surface area contributed by atoms with Crippen LogP contribution in [0.4, 0.5) is 4.79 Å². The molecule has 2 amide bonds. The van der Waals surface area contributed by atoms with Crippen LogP contribution in [0.3, 0.4) is 0 Å². The van der Waals surface area contributed by atoms with Gasteiger partial charge in [0.05, 0.1) is 10.9 Å². The smallest absolute Gasteiger partial charge is 0.317 e. The molecule has 1 atom stereocenters. The lowest BCUT2D eigenvalue weighted by atomic mass is 10.1. The molecule has 1 aliphatic rings.